The summed E-state index contributed by atoms with van der Waals surface area (Å²) in [5.74, 6) is -0.758. The molecule has 2 aromatic rings. The molecule has 0 saturated carbocycles. The van der Waals surface area contributed by atoms with Crippen molar-refractivity contribution >= 4 is 35.4 Å². The Balaban J connectivity index is 2.20. The highest BCUT2D eigenvalue weighted by atomic mass is 35.5. The topological polar surface area (TPSA) is 104 Å². The zero-order chi connectivity index (χ0) is 23.0. The van der Waals surface area contributed by atoms with Crippen molar-refractivity contribution in [3.63, 3.8) is 0 Å². The van der Waals surface area contributed by atoms with E-state index in [9.17, 15) is 9.18 Å². The molecule has 10 heteroatoms. The number of amides is 1. The van der Waals surface area contributed by atoms with Gasteiger partial charge in [-0.15, -0.1) is 0 Å². The summed E-state index contributed by atoms with van der Waals surface area (Å²) in [5.41, 5.74) is 1.36. The molecule has 1 amide bonds. The smallest absolute Gasteiger partial charge is 0.254 e. The molecule has 0 bridgehead atoms. The zero-order valence-corrected chi connectivity index (χ0v) is 18.8. The second-order valence-electron chi connectivity index (χ2n) is 6.78. The normalized spacial score (nSPS) is 11.5. The summed E-state index contributed by atoms with van der Waals surface area (Å²) in [6.45, 7) is 3.37. The van der Waals surface area contributed by atoms with E-state index in [2.05, 4.69) is 20.3 Å². The van der Waals surface area contributed by atoms with Crippen LogP contribution < -0.4 is 10.1 Å². The zero-order valence-electron chi connectivity index (χ0n) is 18.0. The van der Waals surface area contributed by atoms with Crippen LogP contribution in [0, 0.1) is 11.2 Å². The Kier molecular flexibility index (Phi) is 9.02. The molecule has 0 saturated heterocycles. The number of hydrogen-bond acceptors (Lipinski definition) is 7. The van der Waals surface area contributed by atoms with Crippen LogP contribution in [0.4, 0.5) is 10.3 Å². The van der Waals surface area contributed by atoms with E-state index in [0.29, 0.717) is 18.7 Å². The number of ether oxygens (including phenoxy) is 1. The molecule has 166 valence electrons. The number of methoxy groups -OCH3 is 1. The molecule has 1 heterocycles. The van der Waals surface area contributed by atoms with Gasteiger partial charge in [-0.25, -0.2) is 19.4 Å². The van der Waals surface area contributed by atoms with Crippen molar-refractivity contribution in [2.45, 2.75) is 19.8 Å². The summed E-state index contributed by atoms with van der Waals surface area (Å²) in [6.07, 6.45) is 5.01. The first-order valence-electron chi connectivity index (χ1n) is 9.68. The minimum Gasteiger partial charge on any atom is -0.495 e. The molecule has 2 rings (SSSR count). The molecule has 2 N–H and O–H groups in total. The minimum absolute atomic E-state index is 0.129. The Morgan fingerprint density at radius 1 is 1.39 bits per heavy atom. The minimum atomic E-state index is -0.678. The largest absolute Gasteiger partial charge is 0.495 e. The monoisotopic (exact) mass is 448 g/mol. The molecule has 0 aliphatic rings. The second kappa shape index (κ2) is 11.5. The Labute approximate surface area is 186 Å². The third-order valence-corrected chi connectivity index (χ3v) is 5.10. The summed E-state index contributed by atoms with van der Waals surface area (Å²) >= 11 is 6.28. The number of benzene rings is 1. The SMILES string of the molecule is CCN(C)CC(C=N)=Nc1ncc(CCc2c(F)c(C(=O)NC)cc(OC)c2Cl)cn1. The summed E-state index contributed by atoms with van der Waals surface area (Å²) in [6, 6.07) is 1.28. The first-order valence-corrected chi connectivity index (χ1v) is 10.1. The van der Waals surface area contributed by atoms with E-state index in [1.807, 2.05) is 18.9 Å². The number of aryl methyl sites for hydroxylation is 1. The molecule has 1 aromatic carbocycles. The maximum absolute atomic E-state index is 14.9. The van der Waals surface area contributed by atoms with Crippen molar-refractivity contribution in [3.05, 3.63) is 46.0 Å². The van der Waals surface area contributed by atoms with E-state index in [4.69, 9.17) is 21.7 Å². The molecule has 0 aliphatic carbocycles. The lowest BCUT2D eigenvalue weighted by Gasteiger charge is -2.14. The van der Waals surface area contributed by atoms with Crippen molar-refractivity contribution in [2.75, 3.05) is 34.3 Å². The third-order valence-electron chi connectivity index (χ3n) is 4.69. The lowest BCUT2D eigenvalue weighted by atomic mass is 10.0. The number of nitrogens with one attached hydrogen (secondary N) is 2. The van der Waals surface area contributed by atoms with Gasteiger partial charge in [0.05, 0.1) is 23.4 Å². The number of aromatic nitrogens is 2. The number of halogens is 2. The van der Waals surface area contributed by atoms with Crippen LogP contribution in [0.3, 0.4) is 0 Å². The van der Waals surface area contributed by atoms with Crippen molar-refractivity contribution in [1.29, 1.82) is 5.41 Å². The number of aliphatic imine (C=N–C) groups is 1. The Bertz CT molecular complexity index is 965. The highest BCUT2D eigenvalue weighted by Gasteiger charge is 2.21. The van der Waals surface area contributed by atoms with Crippen LogP contribution in [0.2, 0.25) is 5.02 Å². The highest BCUT2D eigenvalue weighted by Crippen LogP contribution is 2.33. The maximum atomic E-state index is 14.9. The van der Waals surface area contributed by atoms with Crippen molar-refractivity contribution < 1.29 is 13.9 Å². The molecule has 0 aliphatic heterocycles. The van der Waals surface area contributed by atoms with Gasteiger partial charge in [0.2, 0.25) is 5.95 Å². The summed E-state index contributed by atoms with van der Waals surface area (Å²) in [7, 11) is 4.76. The van der Waals surface area contributed by atoms with Gasteiger partial charge >= 0.3 is 0 Å². The highest BCUT2D eigenvalue weighted by molar-refractivity contribution is 6.33. The number of carbonyl (C=O) groups is 1. The van der Waals surface area contributed by atoms with Gasteiger partial charge in [0, 0.05) is 37.8 Å². The predicted octanol–water partition coefficient (Wildman–Crippen LogP) is 3.10. The number of hydrogen-bond donors (Lipinski definition) is 2. The molecule has 8 nitrogen and oxygen atoms in total. The average Bonchev–Trinajstić information content (AvgIpc) is 2.79. The second-order valence-corrected chi connectivity index (χ2v) is 7.16. The van der Waals surface area contributed by atoms with Gasteiger partial charge in [0.15, 0.2) is 0 Å². The van der Waals surface area contributed by atoms with E-state index in [1.165, 1.54) is 26.4 Å². The fourth-order valence-electron chi connectivity index (χ4n) is 2.77. The molecule has 0 radical (unpaired) electrons. The third kappa shape index (κ3) is 6.28. The molecular formula is C21H26ClFN6O2. The standard InChI is InChI=1S/C21H26ClFN6O2/c1-5-29(3)12-14(9-24)28-21-26-10-13(11-27-21)6-7-15-18(22)17(31-4)8-16(19(15)23)20(30)25-2/h8-11,24H,5-7,12H2,1-4H3,(H,25,30). The first kappa shape index (κ1) is 24.4. The van der Waals surface area contributed by atoms with Crippen LogP contribution in [-0.2, 0) is 12.8 Å². The van der Waals surface area contributed by atoms with E-state index in [-0.39, 0.29) is 34.3 Å². The molecule has 0 atom stereocenters. The van der Waals surface area contributed by atoms with Crippen LogP contribution in [0.15, 0.2) is 23.5 Å². The van der Waals surface area contributed by atoms with Crippen molar-refractivity contribution in [3.8, 4) is 5.75 Å². The number of nitrogens with zero attached hydrogens (tertiary/aromatic N) is 4. The summed E-state index contributed by atoms with van der Waals surface area (Å²) in [4.78, 5) is 26.7. The van der Waals surface area contributed by atoms with Gasteiger partial charge < -0.3 is 20.4 Å². The Morgan fingerprint density at radius 2 is 2.06 bits per heavy atom. The average molecular weight is 449 g/mol. The lowest BCUT2D eigenvalue weighted by Crippen LogP contribution is -2.26. The molecule has 0 fully saturated rings. The molecule has 31 heavy (non-hydrogen) atoms. The molecule has 0 unspecified atom stereocenters. The van der Waals surface area contributed by atoms with E-state index in [0.717, 1.165) is 12.1 Å². The van der Waals surface area contributed by atoms with E-state index in [1.54, 1.807) is 12.4 Å². The first-order chi connectivity index (χ1) is 14.8. The van der Waals surface area contributed by atoms with E-state index >= 15 is 0 Å². The van der Waals surface area contributed by atoms with Gasteiger partial charge in [-0.05, 0) is 38.1 Å². The Hall–Kier alpha value is -2.91. The molecule has 0 spiro atoms. The van der Waals surface area contributed by atoms with Gasteiger partial charge in [-0.3, -0.25) is 4.79 Å². The van der Waals surface area contributed by atoms with Crippen molar-refractivity contribution in [1.82, 2.24) is 20.2 Å². The molecular weight excluding hydrogens is 423 g/mol. The summed E-state index contributed by atoms with van der Waals surface area (Å²) < 4.78 is 20.1. The van der Waals surface area contributed by atoms with Gasteiger partial charge in [-0.2, -0.15) is 0 Å². The van der Waals surface area contributed by atoms with Crippen LogP contribution in [0.1, 0.15) is 28.4 Å². The Morgan fingerprint density at radius 3 is 2.61 bits per heavy atom. The fourth-order valence-corrected chi connectivity index (χ4v) is 3.08. The maximum Gasteiger partial charge on any atom is 0.254 e. The molecule has 1 aromatic heterocycles. The van der Waals surface area contributed by atoms with Gasteiger partial charge in [0.25, 0.3) is 5.91 Å². The van der Waals surface area contributed by atoms with Crippen molar-refractivity contribution in [2.24, 2.45) is 4.99 Å². The fraction of sp³-hybridized carbons (Fsp3) is 0.381. The van der Waals surface area contributed by atoms with E-state index < -0.39 is 11.7 Å². The quantitative estimate of drug-likeness (QED) is 0.543. The van der Waals surface area contributed by atoms with Gasteiger partial charge in [0.1, 0.15) is 11.6 Å². The van der Waals surface area contributed by atoms with Gasteiger partial charge in [-0.1, -0.05) is 18.5 Å². The number of carbonyl (C=O) groups excluding carboxylic acids is 1. The number of rotatable bonds is 10. The van der Waals surface area contributed by atoms with Crippen LogP contribution in [-0.4, -0.2) is 67.0 Å². The lowest BCUT2D eigenvalue weighted by molar-refractivity contribution is 0.0958. The predicted molar refractivity (Wildman–Crippen MR) is 120 cm³/mol. The van der Waals surface area contributed by atoms with Crippen LogP contribution in [0.25, 0.3) is 0 Å². The summed E-state index contributed by atoms with van der Waals surface area (Å²) in [5, 5.41) is 10.0. The van der Waals surface area contributed by atoms with Crippen LogP contribution >= 0.6 is 11.6 Å². The van der Waals surface area contributed by atoms with Crippen LogP contribution in [0.5, 0.6) is 5.75 Å².